The topological polar surface area (TPSA) is 186 Å². The lowest BCUT2D eigenvalue weighted by molar-refractivity contribution is -0.153. The minimum absolute atomic E-state index is 0.0148. The molecule has 10 heteroatoms. The molecule has 2 unspecified atom stereocenters. The molecule has 0 radical (unpaired) electrons. The van der Waals surface area contributed by atoms with E-state index in [4.69, 9.17) is 17.2 Å². The number of nitrogens with one attached hydrogen (secondary N) is 3. The highest BCUT2D eigenvalue weighted by atomic mass is 16.3. The number of hydrogen-bond donors (Lipinski definition) is 7. The first kappa shape index (κ1) is 34.1. The molecule has 0 heterocycles. The number of carbonyl (C=O) groups is 3. The summed E-state index contributed by atoms with van der Waals surface area (Å²) in [6.45, 7) is 8.36. The highest BCUT2D eigenvalue weighted by Crippen LogP contribution is 2.68. The molecule has 4 aliphatic rings. The largest absolute Gasteiger partial charge is 0.396 e. The molecule has 11 atom stereocenters. The fourth-order valence-corrected chi connectivity index (χ4v) is 10.6. The zero-order chi connectivity index (χ0) is 31.4. The average Bonchev–Trinajstić information content (AvgIpc) is 3.31. The molecule has 0 bridgehead atoms. The fraction of sp³-hybridized carbons (Fsp3) is 0.909. The Kier molecular flexibility index (Phi) is 11.6. The van der Waals surface area contributed by atoms with Gasteiger partial charge in [-0.15, -0.1) is 0 Å². The maximum atomic E-state index is 13.2. The van der Waals surface area contributed by atoms with Crippen LogP contribution in [-0.4, -0.2) is 67.2 Å². The maximum Gasteiger partial charge on any atom is 0.221 e. The van der Waals surface area contributed by atoms with Crippen LogP contribution in [0, 0.1) is 46.3 Å². The van der Waals surface area contributed by atoms with Crippen LogP contribution in [0.25, 0.3) is 0 Å². The molecule has 10 N–H and O–H groups in total. The smallest absolute Gasteiger partial charge is 0.221 e. The monoisotopic (exact) mass is 604 g/mol. The number of aliphatic hydroxyl groups excluding tert-OH is 1. The van der Waals surface area contributed by atoms with E-state index in [1.54, 1.807) is 0 Å². The number of carbonyl (C=O) groups excluding carboxylic acids is 3. The first-order valence-electron chi connectivity index (χ1n) is 17.1. The predicted molar refractivity (Wildman–Crippen MR) is 168 cm³/mol. The Balaban J connectivity index is 1.71. The van der Waals surface area contributed by atoms with E-state index < -0.39 is 0 Å². The molecular weight excluding hydrogens is 544 g/mol. The number of aliphatic hydroxyl groups is 1. The number of hydrogen-bond acceptors (Lipinski definition) is 7. The van der Waals surface area contributed by atoms with Crippen molar-refractivity contribution in [1.82, 2.24) is 16.0 Å². The van der Waals surface area contributed by atoms with E-state index in [1.807, 2.05) is 0 Å². The van der Waals surface area contributed by atoms with Crippen molar-refractivity contribution in [2.24, 2.45) is 63.5 Å². The van der Waals surface area contributed by atoms with Crippen molar-refractivity contribution in [2.45, 2.75) is 116 Å². The molecule has 0 aromatic carbocycles. The van der Waals surface area contributed by atoms with Crippen molar-refractivity contribution < 1.29 is 19.5 Å². The van der Waals surface area contributed by atoms with Crippen LogP contribution in [0.4, 0.5) is 0 Å². The van der Waals surface area contributed by atoms with Gasteiger partial charge in [0.15, 0.2) is 0 Å². The summed E-state index contributed by atoms with van der Waals surface area (Å²) in [6.07, 6.45) is 9.53. The molecule has 246 valence electrons. The van der Waals surface area contributed by atoms with Crippen molar-refractivity contribution in [3.05, 3.63) is 0 Å². The molecule has 43 heavy (non-hydrogen) atoms. The zero-order valence-electron chi connectivity index (χ0n) is 26.9. The second-order valence-corrected chi connectivity index (χ2v) is 14.8. The highest BCUT2D eigenvalue weighted by molar-refractivity contribution is 5.77. The molecule has 10 nitrogen and oxygen atoms in total. The summed E-state index contributed by atoms with van der Waals surface area (Å²) >= 11 is 0. The lowest BCUT2D eigenvalue weighted by atomic mass is 9.42. The van der Waals surface area contributed by atoms with Crippen molar-refractivity contribution in [3.63, 3.8) is 0 Å². The lowest BCUT2D eigenvalue weighted by Gasteiger charge is -2.65. The van der Waals surface area contributed by atoms with Gasteiger partial charge in [-0.25, -0.2) is 0 Å². The summed E-state index contributed by atoms with van der Waals surface area (Å²) in [5, 5.41) is 19.8. The standard InChI is InChI=1S/C33H60N6O4/c1-20(5-4-16-40)23-6-7-24-31-25(19-27(33(23,24)3)39-30(43)11-15-36)32(2)12-8-22(37-28(41)9-13-34)17-21(32)18-26(31)38-29(42)10-14-35/h20-27,31,40H,4-19,34-36H2,1-3H3,(H,37,41)(H,38,42)(H,39,43)/t20-,21?,22-,23-,24+,25+,26-,27+,31?,32+,33-/m1/s1. The molecule has 0 spiro atoms. The molecule has 4 fully saturated rings. The molecule has 0 aliphatic heterocycles. The third-order valence-electron chi connectivity index (χ3n) is 12.6. The summed E-state index contributed by atoms with van der Waals surface area (Å²) in [5.41, 5.74) is 17.2. The van der Waals surface area contributed by atoms with E-state index in [0.717, 1.165) is 57.8 Å². The van der Waals surface area contributed by atoms with E-state index in [0.29, 0.717) is 74.4 Å². The molecule has 4 aliphatic carbocycles. The Morgan fingerprint density at radius 3 is 2.09 bits per heavy atom. The third kappa shape index (κ3) is 6.92. The Bertz CT molecular complexity index is 981. The van der Waals surface area contributed by atoms with Crippen LogP contribution in [0.15, 0.2) is 0 Å². The van der Waals surface area contributed by atoms with Crippen LogP contribution in [0.5, 0.6) is 0 Å². The van der Waals surface area contributed by atoms with Crippen LogP contribution < -0.4 is 33.2 Å². The van der Waals surface area contributed by atoms with Crippen molar-refractivity contribution >= 4 is 17.7 Å². The van der Waals surface area contributed by atoms with Gasteiger partial charge in [-0.05, 0) is 104 Å². The van der Waals surface area contributed by atoms with Crippen LogP contribution in [0.1, 0.15) is 97.8 Å². The van der Waals surface area contributed by atoms with Gasteiger partial charge in [0.25, 0.3) is 0 Å². The minimum Gasteiger partial charge on any atom is -0.396 e. The van der Waals surface area contributed by atoms with Crippen LogP contribution in [-0.2, 0) is 14.4 Å². The SMILES string of the molecule is C[C@H](CCCO)[C@H]1CC[C@H]2C3[C@H](NC(=O)CCN)CC4C[C@H](NC(=O)CCN)CC[C@]4(C)[C@H]3C[C@H](NC(=O)CCN)[C@]12C. The van der Waals surface area contributed by atoms with E-state index in [9.17, 15) is 19.5 Å². The van der Waals surface area contributed by atoms with Gasteiger partial charge in [0.2, 0.25) is 17.7 Å². The predicted octanol–water partition coefficient (Wildman–Crippen LogP) is 1.77. The van der Waals surface area contributed by atoms with Gasteiger partial charge in [-0.2, -0.15) is 0 Å². The molecule has 3 amide bonds. The van der Waals surface area contributed by atoms with E-state index in [1.165, 1.54) is 0 Å². The van der Waals surface area contributed by atoms with Gasteiger partial charge in [-0.3, -0.25) is 14.4 Å². The normalized spacial score (nSPS) is 39.1. The van der Waals surface area contributed by atoms with Crippen molar-refractivity contribution in [2.75, 3.05) is 26.2 Å². The van der Waals surface area contributed by atoms with Gasteiger partial charge >= 0.3 is 0 Å². The molecule has 4 saturated carbocycles. The molecule has 0 aromatic heterocycles. The summed E-state index contributed by atoms with van der Waals surface area (Å²) < 4.78 is 0. The second kappa shape index (κ2) is 14.6. The van der Waals surface area contributed by atoms with Crippen LogP contribution in [0.2, 0.25) is 0 Å². The van der Waals surface area contributed by atoms with E-state index >= 15 is 0 Å². The second-order valence-electron chi connectivity index (χ2n) is 14.8. The number of fused-ring (bicyclic) bond motifs is 5. The Morgan fingerprint density at radius 1 is 0.837 bits per heavy atom. The summed E-state index contributed by atoms with van der Waals surface area (Å²) in [4.78, 5) is 38.7. The summed E-state index contributed by atoms with van der Waals surface area (Å²) in [6, 6.07) is 0.183. The number of amides is 3. The third-order valence-corrected chi connectivity index (χ3v) is 12.6. The van der Waals surface area contributed by atoms with Crippen LogP contribution >= 0.6 is 0 Å². The van der Waals surface area contributed by atoms with Gasteiger partial charge in [0, 0.05) is 63.6 Å². The van der Waals surface area contributed by atoms with Crippen molar-refractivity contribution in [3.8, 4) is 0 Å². The molecule has 0 saturated heterocycles. The minimum atomic E-state index is -0.117. The fourth-order valence-electron chi connectivity index (χ4n) is 10.6. The number of nitrogens with two attached hydrogens (primary N) is 3. The Morgan fingerprint density at radius 2 is 1.47 bits per heavy atom. The molecule has 4 rings (SSSR count). The number of rotatable bonds is 13. The van der Waals surface area contributed by atoms with Gasteiger partial charge < -0.3 is 38.3 Å². The Labute approximate surface area is 258 Å². The highest BCUT2D eigenvalue weighted by Gasteiger charge is 2.66. The first-order valence-corrected chi connectivity index (χ1v) is 17.1. The van der Waals surface area contributed by atoms with Gasteiger partial charge in [0.05, 0.1) is 0 Å². The van der Waals surface area contributed by atoms with Gasteiger partial charge in [-0.1, -0.05) is 20.8 Å². The lowest BCUT2D eigenvalue weighted by Crippen LogP contribution is -2.67. The maximum absolute atomic E-state index is 13.2. The average molecular weight is 605 g/mol. The Hall–Kier alpha value is -1.75. The summed E-state index contributed by atoms with van der Waals surface area (Å²) in [7, 11) is 0. The first-order chi connectivity index (χ1) is 20.5. The van der Waals surface area contributed by atoms with E-state index in [2.05, 4.69) is 36.7 Å². The van der Waals surface area contributed by atoms with E-state index in [-0.39, 0.29) is 53.3 Å². The summed E-state index contributed by atoms with van der Waals surface area (Å²) in [5.74, 6) is 2.27. The zero-order valence-corrected chi connectivity index (χ0v) is 26.9. The van der Waals surface area contributed by atoms with Gasteiger partial charge in [0.1, 0.15) is 0 Å². The van der Waals surface area contributed by atoms with Crippen LogP contribution in [0.3, 0.4) is 0 Å². The molecular formula is C33H60N6O4. The van der Waals surface area contributed by atoms with Crippen molar-refractivity contribution in [1.29, 1.82) is 0 Å². The molecule has 0 aromatic rings. The quantitative estimate of drug-likeness (QED) is 0.167.